The fraction of sp³-hybridized carbons (Fsp3) is 0.0588. The van der Waals surface area contributed by atoms with Crippen LogP contribution in [-0.4, -0.2) is 15.0 Å². The fourth-order valence-corrected chi connectivity index (χ4v) is 5.30. The predicted octanol–water partition coefficient (Wildman–Crippen LogP) is 7.84. The average Bonchev–Trinajstić information content (AvgIpc) is 3.25. The number of hydrogen-bond acceptors (Lipinski definition) is 2. The van der Waals surface area contributed by atoms with E-state index in [2.05, 4.69) is 5.32 Å². The van der Waals surface area contributed by atoms with Gasteiger partial charge in [0.05, 0.1) is 17.6 Å². The summed E-state index contributed by atoms with van der Waals surface area (Å²) in [4.78, 5) is 13.0. The van der Waals surface area contributed by atoms with Crippen molar-refractivity contribution in [2.75, 3.05) is 5.32 Å². The van der Waals surface area contributed by atoms with Gasteiger partial charge in [-0.1, -0.05) is 90.5 Å². The SMILES string of the molecule is Cc1ccccc1C(=O)Nc1ccccc1-c1ccc(-n2c(=N)n(Cc3ccccc3Cl)c3ccccc32)cc1. The topological polar surface area (TPSA) is 62.8 Å². The van der Waals surface area contributed by atoms with Gasteiger partial charge in [-0.05, 0) is 66.1 Å². The zero-order valence-electron chi connectivity index (χ0n) is 21.9. The molecular weight excluding hydrogens is 516 g/mol. The summed E-state index contributed by atoms with van der Waals surface area (Å²) in [5.41, 5.74) is 8.32. The van der Waals surface area contributed by atoms with Gasteiger partial charge in [-0.15, -0.1) is 0 Å². The number of para-hydroxylation sites is 3. The summed E-state index contributed by atoms with van der Waals surface area (Å²) < 4.78 is 3.92. The second-order valence-electron chi connectivity index (χ2n) is 9.69. The van der Waals surface area contributed by atoms with Gasteiger partial charge >= 0.3 is 0 Å². The number of rotatable bonds is 6. The van der Waals surface area contributed by atoms with Crippen LogP contribution in [0.1, 0.15) is 21.5 Å². The van der Waals surface area contributed by atoms with E-state index in [9.17, 15) is 4.79 Å². The molecule has 1 aromatic heterocycles. The number of carbonyl (C=O) groups excluding carboxylic acids is 1. The first-order valence-corrected chi connectivity index (χ1v) is 13.4. The van der Waals surface area contributed by atoms with Crippen LogP contribution in [0.15, 0.2) is 121 Å². The maximum atomic E-state index is 13.0. The van der Waals surface area contributed by atoms with Crippen molar-refractivity contribution in [3.63, 3.8) is 0 Å². The van der Waals surface area contributed by atoms with Gasteiger partial charge in [-0.3, -0.25) is 14.8 Å². The number of nitrogens with zero attached hydrogens (tertiary/aromatic N) is 2. The number of imidazole rings is 1. The molecule has 0 spiro atoms. The van der Waals surface area contributed by atoms with E-state index in [1.165, 1.54) is 0 Å². The van der Waals surface area contributed by atoms with Gasteiger partial charge < -0.3 is 9.88 Å². The van der Waals surface area contributed by atoms with Crippen LogP contribution in [0.2, 0.25) is 5.02 Å². The van der Waals surface area contributed by atoms with Crippen LogP contribution in [0.4, 0.5) is 5.69 Å². The zero-order valence-corrected chi connectivity index (χ0v) is 22.7. The summed E-state index contributed by atoms with van der Waals surface area (Å²) in [7, 11) is 0. The minimum Gasteiger partial charge on any atom is -0.321 e. The van der Waals surface area contributed by atoms with Crippen molar-refractivity contribution in [3.05, 3.63) is 149 Å². The lowest BCUT2D eigenvalue weighted by molar-refractivity contribution is 0.102. The highest BCUT2D eigenvalue weighted by Gasteiger charge is 2.15. The third kappa shape index (κ3) is 4.72. The molecule has 0 fully saturated rings. The highest BCUT2D eigenvalue weighted by Crippen LogP contribution is 2.30. The normalized spacial score (nSPS) is 11.1. The lowest BCUT2D eigenvalue weighted by Gasteiger charge is -2.13. The Balaban J connectivity index is 1.36. The first kappa shape index (κ1) is 25.4. The molecule has 196 valence electrons. The number of benzene rings is 5. The summed E-state index contributed by atoms with van der Waals surface area (Å²) in [6.45, 7) is 2.43. The van der Waals surface area contributed by atoms with Gasteiger partial charge in [-0.25, -0.2) is 0 Å². The molecule has 5 aromatic carbocycles. The summed E-state index contributed by atoms with van der Waals surface area (Å²) in [6.07, 6.45) is 0. The Labute approximate surface area is 237 Å². The van der Waals surface area contributed by atoms with Gasteiger partial charge in [0.25, 0.3) is 5.91 Å². The van der Waals surface area contributed by atoms with Crippen LogP contribution in [0.25, 0.3) is 27.8 Å². The molecule has 6 rings (SSSR count). The Bertz CT molecular complexity index is 1920. The molecule has 0 aliphatic rings. The number of fused-ring (bicyclic) bond motifs is 1. The smallest absolute Gasteiger partial charge is 0.255 e. The van der Waals surface area contributed by atoms with E-state index in [0.29, 0.717) is 22.7 Å². The van der Waals surface area contributed by atoms with Crippen LogP contribution >= 0.6 is 11.6 Å². The molecule has 1 heterocycles. The summed E-state index contributed by atoms with van der Waals surface area (Å²) >= 11 is 6.46. The molecule has 0 atom stereocenters. The Morgan fingerprint density at radius 2 is 1.43 bits per heavy atom. The lowest BCUT2D eigenvalue weighted by atomic mass is 10.0. The Morgan fingerprint density at radius 3 is 2.20 bits per heavy atom. The van der Waals surface area contributed by atoms with Crippen molar-refractivity contribution in [2.45, 2.75) is 13.5 Å². The molecular formula is C34H27ClN4O. The Kier molecular flexibility index (Phi) is 6.81. The second-order valence-corrected chi connectivity index (χ2v) is 10.1. The molecule has 6 aromatic rings. The first-order chi connectivity index (χ1) is 19.5. The molecule has 0 aliphatic carbocycles. The quantitative estimate of drug-likeness (QED) is 0.221. The molecule has 0 radical (unpaired) electrons. The number of aryl methyl sites for hydroxylation is 1. The van der Waals surface area contributed by atoms with E-state index in [0.717, 1.165) is 44.7 Å². The number of halogens is 1. The van der Waals surface area contributed by atoms with Gasteiger partial charge in [0.1, 0.15) is 0 Å². The summed E-state index contributed by atoms with van der Waals surface area (Å²) in [6, 6.07) is 39.2. The minimum absolute atomic E-state index is 0.136. The van der Waals surface area contributed by atoms with Crippen molar-refractivity contribution < 1.29 is 4.79 Å². The highest BCUT2D eigenvalue weighted by molar-refractivity contribution is 6.31. The minimum atomic E-state index is -0.136. The number of amides is 1. The number of anilines is 1. The van der Waals surface area contributed by atoms with Crippen LogP contribution in [0.5, 0.6) is 0 Å². The monoisotopic (exact) mass is 542 g/mol. The molecule has 0 aliphatic heterocycles. The standard InChI is InChI=1S/C34H27ClN4O/c1-23-10-2-4-12-27(23)33(40)37-30-15-7-5-13-28(30)24-18-20-26(21-19-24)39-32-17-9-8-16-31(32)38(34(39)36)22-25-11-3-6-14-29(25)35/h2-21,36H,22H2,1H3,(H,37,40). The summed E-state index contributed by atoms with van der Waals surface area (Å²) in [5, 5.41) is 12.9. The fourth-order valence-electron chi connectivity index (χ4n) is 5.10. The van der Waals surface area contributed by atoms with Crippen molar-refractivity contribution in [3.8, 4) is 16.8 Å². The van der Waals surface area contributed by atoms with Crippen molar-refractivity contribution in [1.82, 2.24) is 9.13 Å². The molecule has 0 unspecified atom stereocenters. The van der Waals surface area contributed by atoms with Crippen LogP contribution in [0.3, 0.4) is 0 Å². The van der Waals surface area contributed by atoms with E-state index >= 15 is 0 Å². The predicted molar refractivity (Wildman–Crippen MR) is 162 cm³/mol. The lowest BCUT2D eigenvalue weighted by Crippen LogP contribution is -2.24. The molecule has 0 saturated heterocycles. The number of hydrogen-bond donors (Lipinski definition) is 2. The van der Waals surface area contributed by atoms with Crippen LogP contribution < -0.4 is 10.9 Å². The second kappa shape index (κ2) is 10.7. The highest BCUT2D eigenvalue weighted by atomic mass is 35.5. The maximum Gasteiger partial charge on any atom is 0.255 e. The molecule has 0 saturated carbocycles. The van der Waals surface area contributed by atoms with Gasteiger partial charge in [0, 0.05) is 27.5 Å². The van der Waals surface area contributed by atoms with E-state index in [1.54, 1.807) is 0 Å². The van der Waals surface area contributed by atoms with Crippen LogP contribution in [-0.2, 0) is 6.54 Å². The van der Waals surface area contributed by atoms with E-state index in [1.807, 2.05) is 137 Å². The van der Waals surface area contributed by atoms with Crippen molar-refractivity contribution in [1.29, 1.82) is 5.41 Å². The number of aromatic nitrogens is 2. The molecule has 0 bridgehead atoms. The Morgan fingerprint density at radius 1 is 0.775 bits per heavy atom. The third-order valence-electron chi connectivity index (χ3n) is 7.17. The van der Waals surface area contributed by atoms with Crippen molar-refractivity contribution in [2.24, 2.45) is 0 Å². The summed E-state index contributed by atoms with van der Waals surface area (Å²) in [5.74, 6) is -0.136. The molecule has 2 N–H and O–H groups in total. The molecule has 40 heavy (non-hydrogen) atoms. The number of carbonyl (C=O) groups is 1. The average molecular weight is 543 g/mol. The van der Waals surface area contributed by atoms with E-state index in [-0.39, 0.29) is 5.91 Å². The van der Waals surface area contributed by atoms with E-state index in [4.69, 9.17) is 17.0 Å². The third-order valence-corrected chi connectivity index (χ3v) is 7.54. The van der Waals surface area contributed by atoms with Crippen LogP contribution in [0, 0.1) is 12.3 Å². The van der Waals surface area contributed by atoms with Gasteiger partial charge in [0.2, 0.25) is 5.62 Å². The Hall–Kier alpha value is -4.87. The molecule has 5 nitrogen and oxygen atoms in total. The zero-order chi connectivity index (χ0) is 27.6. The largest absolute Gasteiger partial charge is 0.321 e. The van der Waals surface area contributed by atoms with Crippen molar-refractivity contribution >= 4 is 34.2 Å². The maximum absolute atomic E-state index is 13.0. The van der Waals surface area contributed by atoms with E-state index < -0.39 is 0 Å². The van der Waals surface area contributed by atoms with Gasteiger partial charge in [0.15, 0.2) is 0 Å². The van der Waals surface area contributed by atoms with Gasteiger partial charge in [-0.2, -0.15) is 0 Å². The molecule has 6 heteroatoms. The number of nitrogens with one attached hydrogen (secondary N) is 2. The molecule has 1 amide bonds. The first-order valence-electron chi connectivity index (χ1n) is 13.1.